The van der Waals surface area contributed by atoms with E-state index in [9.17, 15) is 18.0 Å². The molecular weight excluding hydrogens is 275 g/mol. The predicted molar refractivity (Wildman–Crippen MR) is 67.8 cm³/mol. The van der Waals surface area contributed by atoms with Crippen molar-refractivity contribution < 1.29 is 28.2 Å². The summed E-state index contributed by atoms with van der Waals surface area (Å²) in [5.74, 6) is -1.63. The highest BCUT2D eigenvalue weighted by molar-refractivity contribution is 5.91. The summed E-state index contributed by atoms with van der Waals surface area (Å²) in [6.45, 7) is 1.80. The molecule has 0 aromatic heterocycles. The van der Waals surface area contributed by atoms with Crippen LogP contribution in [-0.2, 0) is 6.18 Å². The Bertz CT molecular complexity index is 474. The number of hydrogen-bond donors (Lipinski definition) is 3. The van der Waals surface area contributed by atoms with Crippen molar-refractivity contribution in [1.29, 1.82) is 0 Å². The van der Waals surface area contributed by atoms with Crippen molar-refractivity contribution in [3.63, 3.8) is 0 Å². The first-order chi connectivity index (χ1) is 9.29. The van der Waals surface area contributed by atoms with Crippen molar-refractivity contribution in [2.75, 3.05) is 11.9 Å². The fraction of sp³-hybridized carbons (Fsp3) is 0.462. The summed E-state index contributed by atoms with van der Waals surface area (Å²) in [4.78, 5) is 10.9. The second kappa shape index (κ2) is 6.60. The fourth-order valence-electron chi connectivity index (χ4n) is 1.83. The fourth-order valence-corrected chi connectivity index (χ4v) is 1.83. The Balaban J connectivity index is 3.08. The molecule has 4 nitrogen and oxygen atoms in total. The van der Waals surface area contributed by atoms with Gasteiger partial charge < -0.3 is 15.5 Å². The van der Waals surface area contributed by atoms with E-state index in [4.69, 9.17) is 10.2 Å². The number of nitrogens with one attached hydrogen (secondary N) is 1. The highest BCUT2D eigenvalue weighted by atomic mass is 19.4. The highest BCUT2D eigenvalue weighted by Crippen LogP contribution is 2.33. The van der Waals surface area contributed by atoms with Gasteiger partial charge in [-0.15, -0.1) is 0 Å². The minimum atomic E-state index is -4.71. The molecule has 0 fully saturated rings. The largest absolute Gasteiger partial charge is 0.478 e. The number of anilines is 1. The van der Waals surface area contributed by atoms with Crippen LogP contribution in [-0.4, -0.2) is 28.8 Å². The SMILES string of the molecule is CCC(CCO)Nc1ccc(C(F)(F)F)c(C(=O)O)c1. The quantitative estimate of drug-likeness (QED) is 0.753. The van der Waals surface area contributed by atoms with E-state index in [1.807, 2.05) is 6.92 Å². The Labute approximate surface area is 114 Å². The first kappa shape index (κ1) is 16.3. The van der Waals surface area contributed by atoms with Gasteiger partial charge in [0, 0.05) is 18.3 Å². The Morgan fingerprint density at radius 3 is 2.50 bits per heavy atom. The summed E-state index contributed by atoms with van der Waals surface area (Å²) in [5, 5.41) is 20.6. The van der Waals surface area contributed by atoms with Gasteiger partial charge in [-0.2, -0.15) is 13.2 Å². The number of halogens is 3. The number of rotatable bonds is 6. The third-order valence-corrected chi connectivity index (χ3v) is 2.90. The molecule has 0 aliphatic carbocycles. The molecule has 20 heavy (non-hydrogen) atoms. The van der Waals surface area contributed by atoms with Crippen LogP contribution in [0.25, 0.3) is 0 Å². The predicted octanol–water partition coefficient (Wildman–Crippen LogP) is 2.98. The molecule has 0 aliphatic heterocycles. The van der Waals surface area contributed by atoms with Crippen LogP contribution in [0.4, 0.5) is 18.9 Å². The molecule has 1 unspecified atom stereocenters. The Kier molecular flexibility index (Phi) is 5.38. The van der Waals surface area contributed by atoms with E-state index in [2.05, 4.69) is 5.32 Å². The number of carboxylic acid groups (broad SMARTS) is 1. The molecule has 1 atom stereocenters. The second-order valence-corrected chi connectivity index (χ2v) is 4.33. The molecule has 0 aliphatic rings. The number of aliphatic hydroxyl groups excluding tert-OH is 1. The second-order valence-electron chi connectivity index (χ2n) is 4.33. The van der Waals surface area contributed by atoms with Crippen molar-refractivity contribution in [2.24, 2.45) is 0 Å². The number of aromatic carboxylic acids is 1. The third-order valence-electron chi connectivity index (χ3n) is 2.90. The van der Waals surface area contributed by atoms with Gasteiger partial charge in [0.2, 0.25) is 0 Å². The third kappa shape index (κ3) is 4.12. The van der Waals surface area contributed by atoms with Gasteiger partial charge in [-0.05, 0) is 31.0 Å². The van der Waals surface area contributed by atoms with E-state index in [1.54, 1.807) is 0 Å². The molecule has 0 saturated heterocycles. The topological polar surface area (TPSA) is 69.6 Å². The normalized spacial score (nSPS) is 13.1. The summed E-state index contributed by atoms with van der Waals surface area (Å²) in [6.07, 6.45) is -3.62. The number of benzene rings is 1. The van der Waals surface area contributed by atoms with Gasteiger partial charge in [0.05, 0.1) is 11.1 Å². The Morgan fingerprint density at radius 2 is 2.05 bits per heavy atom. The lowest BCUT2D eigenvalue weighted by atomic mass is 10.0. The molecule has 112 valence electrons. The number of carboxylic acids is 1. The maximum absolute atomic E-state index is 12.7. The van der Waals surface area contributed by atoms with Gasteiger partial charge in [-0.3, -0.25) is 0 Å². The molecule has 0 heterocycles. The average molecular weight is 291 g/mol. The van der Waals surface area contributed by atoms with Crippen LogP contribution in [0.5, 0.6) is 0 Å². The molecule has 1 aromatic rings. The zero-order valence-electron chi connectivity index (χ0n) is 10.9. The van der Waals surface area contributed by atoms with Crippen LogP contribution in [0, 0.1) is 0 Å². The van der Waals surface area contributed by atoms with Gasteiger partial charge in [0.1, 0.15) is 0 Å². The molecule has 3 N–H and O–H groups in total. The minimum Gasteiger partial charge on any atom is -0.478 e. The molecule has 1 rings (SSSR count). The highest BCUT2D eigenvalue weighted by Gasteiger charge is 2.35. The number of alkyl halides is 3. The zero-order chi connectivity index (χ0) is 15.3. The summed E-state index contributed by atoms with van der Waals surface area (Å²) in [5.41, 5.74) is -1.68. The average Bonchev–Trinajstić information content (AvgIpc) is 2.36. The summed E-state index contributed by atoms with van der Waals surface area (Å²) in [6, 6.07) is 2.77. The van der Waals surface area contributed by atoms with Crippen molar-refractivity contribution in [1.82, 2.24) is 0 Å². The first-order valence-corrected chi connectivity index (χ1v) is 6.11. The molecule has 0 saturated carbocycles. The smallest absolute Gasteiger partial charge is 0.417 e. The van der Waals surface area contributed by atoms with Crippen LogP contribution in [0.15, 0.2) is 18.2 Å². The molecule has 1 aromatic carbocycles. The van der Waals surface area contributed by atoms with Crippen LogP contribution >= 0.6 is 0 Å². The lowest BCUT2D eigenvalue weighted by Gasteiger charge is -2.18. The van der Waals surface area contributed by atoms with Crippen molar-refractivity contribution >= 4 is 11.7 Å². The maximum Gasteiger partial charge on any atom is 0.417 e. The van der Waals surface area contributed by atoms with E-state index >= 15 is 0 Å². The molecule has 0 amide bonds. The van der Waals surface area contributed by atoms with Crippen molar-refractivity contribution in [3.8, 4) is 0 Å². The van der Waals surface area contributed by atoms with Gasteiger partial charge in [0.25, 0.3) is 0 Å². The summed E-state index contributed by atoms with van der Waals surface area (Å²) >= 11 is 0. The van der Waals surface area contributed by atoms with E-state index in [0.29, 0.717) is 12.8 Å². The number of aliphatic hydroxyl groups is 1. The van der Waals surface area contributed by atoms with Gasteiger partial charge in [0.15, 0.2) is 0 Å². The monoisotopic (exact) mass is 291 g/mol. The molecule has 0 bridgehead atoms. The van der Waals surface area contributed by atoms with Crippen molar-refractivity contribution in [2.45, 2.75) is 32.0 Å². The van der Waals surface area contributed by atoms with E-state index in [1.165, 1.54) is 6.07 Å². The Morgan fingerprint density at radius 1 is 1.40 bits per heavy atom. The lowest BCUT2D eigenvalue weighted by Crippen LogP contribution is -2.20. The zero-order valence-corrected chi connectivity index (χ0v) is 10.9. The van der Waals surface area contributed by atoms with Gasteiger partial charge >= 0.3 is 12.1 Å². The Hall–Kier alpha value is -1.76. The maximum atomic E-state index is 12.7. The first-order valence-electron chi connectivity index (χ1n) is 6.11. The van der Waals surface area contributed by atoms with E-state index in [-0.39, 0.29) is 18.3 Å². The lowest BCUT2D eigenvalue weighted by molar-refractivity contribution is -0.138. The van der Waals surface area contributed by atoms with Gasteiger partial charge in [-0.25, -0.2) is 4.79 Å². The van der Waals surface area contributed by atoms with E-state index in [0.717, 1.165) is 12.1 Å². The van der Waals surface area contributed by atoms with Crippen LogP contribution in [0.3, 0.4) is 0 Å². The standard InChI is InChI=1S/C13H16F3NO3/c1-2-8(5-6-18)17-9-3-4-11(13(14,15)16)10(7-9)12(19)20/h3-4,7-8,17-18H,2,5-6H2,1H3,(H,19,20). The summed E-state index contributed by atoms with van der Waals surface area (Å²) in [7, 11) is 0. The molecule has 0 spiro atoms. The molecular formula is C13H16F3NO3. The molecule has 0 radical (unpaired) electrons. The summed E-state index contributed by atoms with van der Waals surface area (Å²) < 4.78 is 38.0. The van der Waals surface area contributed by atoms with Crippen LogP contribution in [0.1, 0.15) is 35.7 Å². The van der Waals surface area contributed by atoms with Crippen LogP contribution < -0.4 is 5.32 Å². The number of hydrogen-bond acceptors (Lipinski definition) is 3. The van der Waals surface area contributed by atoms with Gasteiger partial charge in [-0.1, -0.05) is 6.92 Å². The minimum absolute atomic E-state index is 0.0576. The number of carbonyl (C=O) groups is 1. The van der Waals surface area contributed by atoms with Crippen molar-refractivity contribution in [3.05, 3.63) is 29.3 Å². The molecule has 7 heteroatoms. The van der Waals surface area contributed by atoms with Crippen LogP contribution in [0.2, 0.25) is 0 Å². The van der Waals surface area contributed by atoms with E-state index < -0.39 is 23.3 Å².